The van der Waals surface area contributed by atoms with Gasteiger partial charge < -0.3 is 15.2 Å². The predicted octanol–water partition coefficient (Wildman–Crippen LogP) is 3.03. The number of nitrogens with one attached hydrogen (secondary N) is 1. The van der Waals surface area contributed by atoms with E-state index < -0.39 is 29.8 Å². The summed E-state index contributed by atoms with van der Waals surface area (Å²) in [4.78, 5) is 23.1. The van der Waals surface area contributed by atoms with Gasteiger partial charge in [-0.3, -0.25) is 4.79 Å². The van der Waals surface area contributed by atoms with Crippen LogP contribution in [0.3, 0.4) is 0 Å². The van der Waals surface area contributed by atoms with E-state index in [-0.39, 0.29) is 31.9 Å². The van der Waals surface area contributed by atoms with Crippen LogP contribution in [0.4, 0.5) is 8.78 Å². The highest BCUT2D eigenvalue weighted by molar-refractivity contribution is 5.78. The van der Waals surface area contributed by atoms with E-state index in [2.05, 4.69) is 10.1 Å². The Morgan fingerprint density at radius 3 is 2.62 bits per heavy atom. The first-order valence-corrected chi connectivity index (χ1v) is 8.92. The molecule has 3 atom stereocenters. The Labute approximate surface area is 151 Å². The van der Waals surface area contributed by atoms with E-state index in [1.54, 1.807) is 0 Å². The largest absolute Gasteiger partial charge is 0.480 e. The number of esters is 1. The molecule has 1 aliphatic carbocycles. The number of ether oxygens (including phenoxy) is 1. The van der Waals surface area contributed by atoms with Crippen LogP contribution in [0.25, 0.3) is 0 Å². The van der Waals surface area contributed by atoms with Crippen molar-refractivity contribution in [2.24, 2.45) is 5.92 Å². The molecule has 2 unspecified atom stereocenters. The number of hydrogen-bond donors (Lipinski definition) is 2. The van der Waals surface area contributed by atoms with Crippen molar-refractivity contribution in [3.8, 4) is 0 Å². The lowest BCUT2D eigenvalue weighted by molar-refractivity contribution is -0.182. The number of hydrogen-bond acceptors (Lipinski definition) is 4. The first kappa shape index (κ1) is 20.3. The second kappa shape index (κ2) is 9.07. The van der Waals surface area contributed by atoms with Gasteiger partial charge in [-0.2, -0.15) is 8.78 Å². The number of alkyl halides is 2. The van der Waals surface area contributed by atoms with E-state index in [0.717, 1.165) is 5.56 Å². The van der Waals surface area contributed by atoms with Gasteiger partial charge in [-0.25, -0.2) is 4.79 Å². The average Bonchev–Trinajstić information content (AvgIpc) is 2.62. The van der Waals surface area contributed by atoms with Crippen LogP contribution in [-0.4, -0.2) is 41.7 Å². The third-order valence-corrected chi connectivity index (χ3v) is 4.75. The van der Waals surface area contributed by atoms with Crippen molar-refractivity contribution in [2.75, 3.05) is 6.61 Å². The molecule has 2 rings (SSSR count). The van der Waals surface area contributed by atoms with Gasteiger partial charge >= 0.3 is 17.9 Å². The first-order valence-electron chi connectivity index (χ1n) is 8.92. The van der Waals surface area contributed by atoms with Crippen molar-refractivity contribution in [1.29, 1.82) is 0 Å². The van der Waals surface area contributed by atoms with Crippen LogP contribution in [0, 0.1) is 5.92 Å². The van der Waals surface area contributed by atoms with E-state index in [9.17, 15) is 23.5 Å². The molecule has 0 aliphatic heterocycles. The van der Waals surface area contributed by atoms with E-state index in [0.29, 0.717) is 12.8 Å². The van der Waals surface area contributed by atoms with Crippen LogP contribution >= 0.6 is 0 Å². The summed E-state index contributed by atoms with van der Waals surface area (Å²) in [7, 11) is 0. The summed E-state index contributed by atoms with van der Waals surface area (Å²) in [5, 5.41) is 12.5. The van der Waals surface area contributed by atoms with Crippen molar-refractivity contribution in [1.82, 2.24) is 5.32 Å². The Bertz CT molecular complexity index is 609. The van der Waals surface area contributed by atoms with Crippen molar-refractivity contribution in [3.63, 3.8) is 0 Å². The summed E-state index contributed by atoms with van der Waals surface area (Å²) in [6.45, 7) is 1.39. The van der Waals surface area contributed by atoms with Gasteiger partial charge in [0.05, 0.1) is 6.61 Å². The molecule has 0 saturated heterocycles. The number of carboxylic acids is 1. The van der Waals surface area contributed by atoms with E-state index in [1.807, 2.05) is 30.3 Å². The van der Waals surface area contributed by atoms with Crippen LogP contribution in [0.15, 0.2) is 30.3 Å². The van der Waals surface area contributed by atoms with Crippen molar-refractivity contribution in [2.45, 2.75) is 57.0 Å². The highest BCUT2D eigenvalue weighted by Crippen LogP contribution is 2.37. The molecule has 26 heavy (non-hydrogen) atoms. The fourth-order valence-electron chi connectivity index (χ4n) is 3.42. The number of carboxylic acid groups (broad SMARTS) is 1. The SMILES string of the molecule is CCOC(=O)C(F)(F)C1CCCC(N[C@@H](Cc2ccccc2)C(=O)O)C1. The summed E-state index contributed by atoms with van der Waals surface area (Å²) in [6.07, 6.45) is 1.65. The molecule has 0 spiro atoms. The van der Waals surface area contributed by atoms with Gasteiger partial charge in [0.15, 0.2) is 0 Å². The molecule has 1 aromatic carbocycles. The highest BCUT2D eigenvalue weighted by Gasteiger charge is 2.50. The fraction of sp³-hybridized carbons (Fsp3) is 0.579. The molecular weight excluding hydrogens is 344 g/mol. The van der Waals surface area contributed by atoms with Crippen molar-refractivity contribution >= 4 is 11.9 Å². The fourth-order valence-corrected chi connectivity index (χ4v) is 3.42. The molecule has 0 heterocycles. The number of aliphatic carboxylic acids is 1. The maximum Gasteiger partial charge on any atom is 0.377 e. The van der Waals surface area contributed by atoms with Gasteiger partial charge in [-0.1, -0.05) is 36.8 Å². The number of benzene rings is 1. The maximum atomic E-state index is 14.3. The van der Waals surface area contributed by atoms with Gasteiger partial charge in [-0.15, -0.1) is 0 Å². The number of carbonyl (C=O) groups excluding carboxylic acids is 1. The molecule has 1 aromatic rings. The summed E-state index contributed by atoms with van der Waals surface area (Å²) >= 11 is 0. The van der Waals surface area contributed by atoms with Crippen LogP contribution in [-0.2, 0) is 20.7 Å². The number of halogens is 2. The minimum absolute atomic E-state index is 0.0460. The molecule has 2 N–H and O–H groups in total. The van der Waals surface area contributed by atoms with Gasteiger partial charge in [0.2, 0.25) is 0 Å². The van der Waals surface area contributed by atoms with Crippen LogP contribution < -0.4 is 5.32 Å². The standard InChI is InChI=1S/C19H25F2NO4/c1-2-26-18(25)19(20,21)14-9-6-10-15(12-14)22-16(17(23)24)11-13-7-4-3-5-8-13/h3-5,7-8,14-16,22H,2,6,9-12H2,1H3,(H,23,24)/t14?,15?,16-/m0/s1. The van der Waals surface area contributed by atoms with E-state index in [4.69, 9.17) is 0 Å². The Kier molecular flexibility index (Phi) is 7.08. The molecule has 1 saturated carbocycles. The third kappa shape index (κ3) is 5.24. The zero-order chi connectivity index (χ0) is 19.2. The quantitative estimate of drug-likeness (QED) is 0.689. The normalized spacial score (nSPS) is 21.8. The molecule has 5 nitrogen and oxygen atoms in total. The lowest BCUT2D eigenvalue weighted by Gasteiger charge is -2.34. The molecular formula is C19H25F2NO4. The molecule has 0 bridgehead atoms. The second-order valence-electron chi connectivity index (χ2n) is 6.65. The highest BCUT2D eigenvalue weighted by atomic mass is 19.3. The molecule has 1 aliphatic rings. The third-order valence-electron chi connectivity index (χ3n) is 4.75. The van der Waals surface area contributed by atoms with Gasteiger partial charge in [0.1, 0.15) is 6.04 Å². The molecule has 0 amide bonds. The summed E-state index contributed by atoms with van der Waals surface area (Å²) < 4.78 is 33.1. The second-order valence-corrected chi connectivity index (χ2v) is 6.65. The molecule has 144 valence electrons. The number of carbonyl (C=O) groups is 2. The number of rotatable bonds is 8. The summed E-state index contributed by atoms with van der Waals surface area (Å²) in [6, 6.07) is 7.91. The van der Waals surface area contributed by atoms with Crippen molar-refractivity contribution < 1.29 is 28.2 Å². The smallest absolute Gasteiger partial charge is 0.377 e. The van der Waals surface area contributed by atoms with E-state index in [1.165, 1.54) is 6.92 Å². The minimum atomic E-state index is -3.55. The van der Waals surface area contributed by atoms with Crippen LogP contribution in [0.5, 0.6) is 0 Å². The monoisotopic (exact) mass is 369 g/mol. The zero-order valence-electron chi connectivity index (χ0n) is 14.8. The Hall–Kier alpha value is -2.02. The van der Waals surface area contributed by atoms with Gasteiger partial charge in [0.25, 0.3) is 0 Å². The van der Waals surface area contributed by atoms with Gasteiger partial charge in [0, 0.05) is 12.0 Å². The topological polar surface area (TPSA) is 75.6 Å². The summed E-state index contributed by atoms with van der Waals surface area (Å²) in [5.74, 6) is -7.20. The van der Waals surface area contributed by atoms with E-state index >= 15 is 0 Å². The minimum Gasteiger partial charge on any atom is -0.480 e. The lowest BCUT2D eigenvalue weighted by Crippen LogP contribution is -2.49. The molecule has 1 fully saturated rings. The Balaban J connectivity index is 2.01. The van der Waals surface area contributed by atoms with Crippen LogP contribution in [0.2, 0.25) is 0 Å². The zero-order valence-corrected chi connectivity index (χ0v) is 14.8. The molecule has 0 radical (unpaired) electrons. The average molecular weight is 369 g/mol. The Morgan fingerprint density at radius 2 is 2.00 bits per heavy atom. The Morgan fingerprint density at radius 1 is 1.31 bits per heavy atom. The molecule has 7 heteroatoms. The lowest BCUT2D eigenvalue weighted by atomic mass is 9.81. The van der Waals surface area contributed by atoms with Crippen LogP contribution in [0.1, 0.15) is 38.2 Å². The maximum absolute atomic E-state index is 14.3. The first-order chi connectivity index (χ1) is 12.3. The summed E-state index contributed by atoms with van der Waals surface area (Å²) in [5.41, 5.74) is 0.858. The molecule has 0 aromatic heterocycles. The van der Waals surface area contributed by atoms with Crippen molar-refractivity contribution in [3.05, 3.63) is 35.9 Å². The predicted molar refractivity (Wildman–Crippen MR) is 92.0 cm³/mol. The van der Waals surface area contributed by atoms with Gasteiger partial charge in [-0.05, 0) is 38.2 Å².